The molecule has 0 aromatic carbocycles. The van der Waals surface area contributed by atoms with Gasteiger partial charge in [-0.2, -0.15) is 0 Å². The van der Waals surface area contributed by atoms with E-state index in [-0.39, 0.29) is 11.9 Å². The summed E-state index contributed by atoms with van der Waals surface area (Å²) in [5.41, 5.74) is 0.676. The molecule has 2 heterocycles. The fourth-order valence-corrected chi connectivity index (χ4v) is 2.71. The van der Waals surface area contributed by atoms with Gasteiger partial charge in [-0.3, -0.25) is 4.79 Å². The van der Waals surface area contributed by atoms with Crippen molar-refractivity contribution < 1.29 is 9.21 Å². The maximum atomic E-state index is 12.7. The fourth-order valence-electron chi connectivity index (χ4n) is 2.71. The zero-order valence-corrected chi connectivity index (χ0v) is 12.9. The molecule has 0 saturated carbocycles. The third-order valence-electron chi connectivity index (χ3n) is 3.81. The zero-order valence-electron chi connectivity index (χ0n) is 12.9. The Morgan fingerprint density at radius 2 is 2.20 bits per heavy atom. The van der Waals surface area contributed by atoms with E-state index in [1.807, 2.05) is 25.7 Å². The van der Waals surface area contributed by atoms with E-state index < -0.39 is 0 Å². The molecule has 20 heavy (non-hydrogen) atoms. The molecule has 1 aliphatic rings. The number of nitrogens with zero attached hydrogens (tertiary/aromatic N) is 2. The average Bonchev–Trinajstić information content (AvgIpc) is 2.75. The second-order valence-electron chi connectivity index (χ2n) is 5.85. The number of carbonyl (C=O) groups excluding carboxylic acids is 1. The minimum atomic E-state index is -0.0505. The van der Waals surface area contributed by atoms with Gasteiger partial charge in [-0.25, -0.2) is 4.98 Å². The molecule has 112 valence electrons. The predicted octanol–water partition coefficient (Wildman–Crippen LogP) is 2.28. The minimum absolute atomic E-state index is 0.0505. The first kappa shape index (κ1) is 15.0. The van der Waals surface area contributed by atoms with Crippen molar-refractivity contribution in [2.45, 2.75) is 59.0 Å². The first-order chi connectivity index (χ1) is 9.49. The maximum absolute atomic E-state index is 12.7. The van der Waals surface area contributed by atoms with Crippen LogP contribution in [-0.4, -0.2) is 41.0 Å². The fraction of sp³-hybridized carbons (Fsp3) is 0.733. The lowest BCUT2D eigenvalue weighted by molar-refractivity contribution is 0.0642. The normalized spacial score (nSPS) is 19.4. The number of hydrogen-bond acceptors (Lipinski definition) is 4. The predicted molar refractivity (Wildman–Crippen MR) is 77.8 cm³/mol. The Kier molecular flexibility index (Phi) is 4.81. The van der Waals surface area contributed by atoms with Crippen LogP contribution < -0.4 is 5.32 Å². The van der Waals surface area contributed by atoms with Crippen LogP contribution in [0.25, 0.3) is 0 Å². The Morgan fingerprint density at radius 1 is 1.45 bits per heavy atom. The summed E-state index contributed by atoms with van der Waals surface area (Å²) in [4.78, 5) is 18.7. The van der Waals surface area contributed by atoms with Crippen LogP contribution in [0, 0.1) is 13.8 Å². The monoisotopic (exact) mass is 279 g/mol. The molecule has 0 spiro atoms. The molecule has 5 heteroatoms. The molecule has 1 aromatic rings. The molecular weight excluding hydrogens is 254 g/mol. The summed E-state index contributed by atoms with van der Waals surface area (Å²) in [6, 6.07) is 0.537. The topological polar surface area (TPSA) is 58.4 Å². The van der Waals surface area contributed by atoms with Crippen molar-refractivity contribution in [2.75, 3.05) is 13.1 Å². The lowest BCUT2D eigenvalue weighted by Gasteiger charge is -2.32. The van der Waals surface area contributed by atoms with Gasteiger partial charge in [0.15, 0.2) is 5.89 Å². The van der Waals surface area contributed by atoms with E-state index in [0.29, 0.717) is 23.4 Å². The minimum Gasteiger partial charge on any atom is -0.436 e. The third kappa shape index (κ3) is 3.39. The van der Waals surface area contributed by atoms with Crippen LogP contribution >= 0.6 is 0 Å². The second-order valence-corrected chi connectivity index (χ2v) is 5.85. The molecule has 1 atom stereocenters. The molecule has 0 aliphatic carbocycles. The Bertz CT molecular complexity index is 462. The van der Waals surface area contributed by atoms with Crippen LogP contribution in [0.2, 0.25) is 0 Å². The third-order valence-corrected chi connectivity index (χ3v) is 3.81. The van der Waals surface area contributed by atoms with Crippen LogP contribution in [0.5, 0.6) is 0 Å². The largest absolute Gasteiger partial charge is 0.436 e. The van der Waals surface area contributed by atoms with Gasteiger partial charge in [0.05, 0.1) is 5.69 Å². The number of nitrogens with one attached hydrogen (secondary N) is 1. The Morgan fingerprint density at radius 3 is 2.70 bits per heavy atom. The van der Waals surface area contributed by atoms with Crippen LogP contribution in [0.15, 0.2) is 4.42 Å². The van der Waals surface area contributed by atoms with Crippen molar-refractivity contribution >= 4 is 5.91 Å². The molecule has 1 saturated heterocycles. The summed E-state index contributed by atoms with van der Waals surface area (Å²) in [7, 11) is 0. The van der Waals surface area contributed by atoms with Crippen molar-refractivity contribution in [3.05, 3.63) is 17.3 Å². The van der Waals surface area contributed by atoms with E-state index >= 15 is 0 Å². The number of aryl methyl sites for hydroxylation is 2. The number of aromatic nitrogens is 1. The summed E-state index contributed by atoms with van der Waals surface area (Å²) in [5.74, 6) is 0.878. The Labute approximate surface area is 120 Å². The highest BCUT2D eigenvalue weighted by Gasteiger charge is 2.27. The van der Waals surface area contributed by atoms with Gasteiger partial charge in [-0.15, -0.1) is 0 Å². The van der Waals surface area contributed by atoms with Crippen LogP contribution in [0.4, 0.5) is 0 Å². The molecule has 1 unspecified atom stereocenters. The van der Waals surface area contributed by atoms with E-state index in [1.54, 1.807) is 6.92 Å². The highest BCUT2D eigenvalue weighted by Crippen LogP contribution is 2.16. The molecule has 5 nitrogen and oxygen atoms in total. The van der Waals surface area contributed by atoms with Gasteiger partial charge in [0.2, 0.25) is 5.76 Å². The van der Waals surface area contributed by atoms with Crippen molar-refractivity contribution in [1.82, 2.24) is 15.2 Å². The Balaban J connectivity index is 2.11. The highest BCUT2D eigenvalue weighted by molar-refractivity contribution is 5.92. The SMILES string of the molecule is Cc1nc(C)c(C(=O)N(CC2CCCCN2)C(C)C)o1. The van der Waals surface area contributed by atoms with Crippen molar-refractivity contribution in [3.63, 3.8) is 0 Å². The first-order valence-electron chi connectivity index (χ1n) is 7.47. The average molecular weight is 279 g/mol. The van der Waals surface area contributed by atoms with E-state index in [0.717, 1.165) is 19.5 Å². The van der Waals surface area contributed by atoms with Crippen molar-refractivity contribution in [1.29, 1.82) is 0 Å². The number of rotatable bonds is 4. The van der Waals surface area contributed by atoms with Gasteiger partial charge in [0.25, 0.3) is 5.91 Å². The van der Waals surface area contributed by atoms with Gasteiger partial charge in [-0.1, -0.05) is 6.42 Å². The van der Waals surface area contributed by atoms with Gasteiger partial charge in [-0.05, 0) is 40.2 Å². The van der Waals surface area contributed by atoms with Gasteiger partial charge in [0, 0.05) is 25.6 Å². The molecule has 0 radical (unpaired) electrons. The summed E-state index contributed by atoms with van der Waals surface area (Å²) < 4.78 is 5.47. The van der Waals surface area contributed by atoms with Crippen molar-refractivity contribution in [2.24, 2.45) is 0 Å². The molecule has 2 rings (SSSR count). The molecular formula is C15H25N3O2. The van der Waals surface area contributed by atoms with E-state index in [9.17, 15) is 4.79 Å². The lowest BCUT2D eigenvalue weighted by Crippen LogP contribution is -2.48. The van der Waals surface area contributed by atoms with Gasteiger partial charge in [0.1, 0.15) is 0 Å². The summed E-state index contributed by atoms with van der Waals surface area (Å²) in [5, 5.41) is 3.49. The molecule has 1 amide bonds. The molecule has 0 bridgehead atoms. The standard InChI is InChI=1S/C15H25N3O2/c1-10(2)18(9-13-7-5-6-8-16-13)15(19)14-11(3)17-12(4)20-14/h10,13,16H,5-9H2,1-4H3. The smallest absolute Gasteiger partial charge is 0.291 e. The number of carbonyl (C=O) groups is 1. The lowest BCUT2D eigenvalue weighted by atomic mass is 10.0. The molecule has 1 fully saturated rings. The van der Waals surface area contributed by atoms with Crippen LogP contribution in [-0.2, 0) is 0 Å². The van der Waals surface area contributed by atoms with Crippen molar-refractivity contribution in [3.8, 4) is 0 Å². The first-order valence-corrected chi connectivity index (χ1v) is 7.47. The number of oxazole rings is 1. The number of hydrogen-bond donors (Lipinski definition) is 1. The Hall–Kier alpha value is -1.36. The van der Waals surface area contributed by atoms with Crippen LogP contribution in [0.1, 0.15) is 55.2 Å². The van der Waals surface area contributed by atoms with Crippen LogP contribution in [0.3, 0.4) is 0 Å². The zero-order chi connectivity index (χ0) is 14.7. The molecule has 1 aromatic heterocycles. The number of amides is 1. The maximum Gasteiger partial charge on any atom is 0.291 e. The van der Waals surface area contributed by atoms with E-state index in [1.165, 1.54) is 12.8 Å². The number of piperidine rings is 1. The summed E-state index contributed by atoms with van der Waals surface area (Å²) in [6.07, 6.45) is 3.59. The van der Waals surface area contributed by atoms with Gasteiger partial charge >= 0.3 is 0 Å². The summed E-state index contributed by atoms with van der Waals surface area (Å²) >= 11 is 0. The quantitative estimate of drug-likeness (QED) is 0.918. The summed E-state index contributed by atoms with van der Waals surface area (Å²) in [6.45, 7) is 9.45. The van der Waals surface area contributed by atoms with E-state index in [4.69, 9.17) is 4.42 Å². The van der Waals surface area contributed by atoms with Gasteiger partial charge < -0.3 is 14.6 Å². The highest BCUT2D eigenvalue weighted by atomic mass is 16.4. The second kappa shape index (κ2) is 6.39. The molecule has 1 aliphatic heterocycles. The molecule has 1 N–H and O–H groups in total. The van der Waals surface area contributed by atoms with E-state index in [2.05, 4.69) is 10.3 Å².